The Morgan fingerprint density at radius 1 is 0.867 bits per heavy atom. The lowest BCUT2D eigenvalue weighted by molar-refractivity contribution is 0.385. The van der Waals surface area contributed by atoms with Crippen molar-refractivity contribution in [3.8, 4) is 11.3 Å². The molecule has 30 heavy (non-hydrogen) atoms. The first-order valence-corrected chi connectivity index (χ1v) is 12.4. The average molecular weight is 442 g/mol. The van der Waals surface area contributed by atoms with Crippen LogP contribution in [0.5, 0.6) is 0 Å². The number of aryl methyl sites for hydroxylation is 4. The molecule has 0 N–H and O–H groups in total. The Balaban J connectivity index is 1.49. The van der Waals surface area contributed by atoms with Crippen molar-refractivity contribution in [3.63, 3.8) is 0 Å². The molecule has 0 aliphatic carbocycles. The Labute approximate surface area is 183 Å². The van der Waals surface area contributed by atoms with Crippen LogP contribution in [0.15, 0.2) is 46.7 Å². The van der Waals surface area contributed by atoms with Gasteiger partial charge in [0.05, 0.1) is 10.6 Å². The van der Waals surface area contributed by atoms with Gasteiger partial charge in [0.15, 0.2) is 5.13 Å². The van der Waals surface area contributed by atoms with E-state index in [9.17, 15) is 8.42 Å². The van der Waals surface area contributed by atoms with Crippen molar-refractivity contribution in [2.45, 2.75) is 32.6 Å². The van der Waals surface area contributed by atoms with Crippen molar-refractivity contribution in [1.29, 1.82) is 0 Å². The smallest absolute Gasteiger partial charge is 0.243 e. The molecular weight excluding hydrogens is 414 g/mol. The van der Waals surface area contributed by atoms with Crippen LogP contribution < -0.4 is 4.90 Å². The largest absolute Gasteiger partial charge is 0.345 e. The van der Waals surface area contributed by atoms with Gasteiger partial charge in [-0.25, -0.2) is 13.4 Å². The molecule has 0 unspecified atom stereocenters. The van der Waals surface area contributed by atoms with Crippen LogP contribution in [0.25, 0.3) is 11.3 Å². The first-order chi connectivity index (χ1) is 14.3. The summed E-state index contributed by atoms with van der Waals surface area (Å²) in [5, 5.41) is 3.06. The van der Waals surface area contributed by atoms with E-state index in [0.29, 0.717) is 31.1 Å². The van der Waals surface area contributed by atoms with E-state index in [0.717, 1.165) is 16.4 Å². The molecule has 2 heterocycles. The highest BCUT2D eigenvalue weighted by Gasteiger charge is 2.29. The second-order valence-electron chi connectivity index (χ2n) is 7.99. The number of hydrogen-bond donors (Lipinski definition) is 0. The molecule has 7 heteroatoms. The number of hydrogen-bond acceptors (Lipinski definition) is 5. The highest BCUT2D eigenvalue weighted by molar-refractivity contribution is 7.89. The third-order valence-electron chi connectivity index (χ3n) is 5.59. The summed E-state index contributed by atoms with van der Waals surface area (Å²) < 4.78 is 27.4. The fourth-order valence-corrected chi connectivity index (χ4v) is 6.38. The van der Waals surface area contributed by atoms with Gasteiger partial charge in [-0.05, 0) is 51.0 Å². The Bertz CT molecular complexity index is 1140. The maximum Gasteiger partial charge on any atom is 0.243 e. The molecule has 0 spiro atoms. The quantitative estimate of drug-likeness (QED) is 0.596. The Morgan fingerprint density at radius 3 is 2.07 bits per heavy atom. The van der Waals surface area contributed by atoms with Gasteiger partial charge < -0.3 is 4.90 Å². The van der Waals surface area contributed by atoms with Crippen LogP contribution in [0.4, 0.5) is 5.13 Å². The minimum absolute atomic E-state index is 0.364. The summed E-state index contributed by atoms with van der Waals surface area (Å²) >= 11 is 1.63. The average Bonchev–Trinajstić information content (AvgIpc) is 3.17. The molecule has 158 valence electrons. The molecule has 1 saturated heterocycles. The summed E-state index contributed by atoms with van der Waals surface area (Å²) in [5.41, 5.74) is 6.98. The normalized spacial score (nSPS) is 15.5. The molecule has 1 fully saturated rings. The first kappa shape index (κ1) is 21.0. The third-order valence-corrected chi connectivity index (χ3v) is 8.41. The fourth-order valence-electron chi connectivity index (χ4n) is 4.09. The maximum absolute atomic E-state index is 12.9. The topological polar surface area (TPSA) is 53.5 Å². The fraction of sp³-hybridized carbons (Fsp3) is 0.348. The van der Waals surface area contributed by atoms with Crippen molar-refractivity contribution in [1.82, 2.24) is 9.29 Å². The molecule has 0 bridgehead atoms. The zero-order valence-corrected chi connectivity index (χ0v) is 19.5. The number of thiazole rings is 1. The van der Waals surface area contributed by atoms with Crippen LogP contribution >= 0.6 is 11.3 Å². The molecule has 0 atom stereocenters. The lowest BCUT2D eigenvalue weighted by Crippen LogP contribution is -2.48. The molecule has 0 amide bonds. The highest BCUT2D eigenvalue weighted by atomic mass is 32.2. The van der Waals surface area contributed by atoms with E-state index < -0.39 is 10.0 Å². The number of aromatic nitrogens is 1. The van der Waals surface area contributed by atoms with Gasteiger partial charge in [-0.2, -0.15) is 4.31 Å². The van der Waals surface area contributed by atoms with Crippen molar-refractivity contribution in [3.05, 3.63) is 64.0 Å². The number of nitrogens with zero attached hydrogens (tertiary/aromatic N) is 3. The second-order valence-corrected chi connectivity index (χ2v) is 10.8. The Morgan fingerprint density at radius 2 is 1.47 bits per heavy atom. The number of rotatable bonds is 4. The molecule has 5 nitrogen and oxygen atoms in total. The zero-order valence-electron chi connectivity index (χ0n) is 17.8. The third kappa shape index (κ3) is 4.02. The second kappa shape index (κ2) is 8.13. The van der Waals surface area contributed by atoms with Crippen molar-refractivity contribution in [2.75, 3.05) is 31.1 Å². The molecule has 0 saturated carbocycles. The van der Waals surface area contributed by atoms with Crippen molar-refractivity contribution in [2.24, 2.45) is 0 Å². The van der Waals surface area contributed by atoms with E-state index in [2.05, 4.69) is 43.2 Å². The number of piperazine rings is 1. The van der Waals surface area contributed by atoms with E-state index >= 15 is 0 Å². The Hall–Kier alpha value is -2.22. The SMILES string of the molecule is Cc1ccc(S(=O)(=O)N2CCN(c3nc(-c4c(C)cc(C)cc4C)cs3)CC2)cc1. The summed E-state index contributed by atoms with van der Waals surface area (Å²) in [6.45, 7) is 10.5. The molecule has 1 aliphatic heterocycles. The van der Waals surface area contributed by atoms with Crippen LogP contribution in [-0.4, -0.2) is 43.9 Å². The lowest BCUT2D eigenvalue weighted by atomic mass is 9.98. The first-order valence-electron chi connectivity index (χ1n) is 10.1. The predicted octanol–water partition coefficient (Wildman–Crippen LogP) is 4.55. The van der Waals surface area contributed by atoms with Crippen LogP contribution in [-0.2, 0) is 10.0 Å². The Kier molecular flexibility index (Phi) is 5.70. The molecular formula is C23H27N3O2S2. The monoisotopic (exact) mass is 441 g/mol. The van der Waals surface area contributed by atoms with Gasteiger partial charge in [0, 0.05) is 37.1 Å². The minimum Gasteiger partial charge on any atom is -0.345 e. The number of sulfonamides is 1. The van der Waals surface area contributed by atoms with E-state index in [1.165, 1.54) is 22.3 Å². The summed E-state index contributed by atoms with van der Waals surface area (Å²) in [7, 11) is -3.45. The van der Waals surface area contributed by atoms with E-state index in [4.69, 9.17) is 4.98 Å². The van der Waals surface area contributed by atoms with Gasteiger partial charge in [-0.3, -0.25) is 0 Å². The molecule has 1 aliphatic rings. The number of benzene rings is 2. The molecule has 2 aromatic carbocycles. The minimum atomic E-state index is -3.45. The van der Waals surface area contributed by atoms with Gasteiger partial charge >= 0.3 is 0 Å². The van der Waals surface area contributed by atoms with E-state index in [-0.39, 0.29) is 0 Å². The van der Waals surface area contributed by atoms with Gasteiger partial charge in [-0.15, -0.1) is 11.3 Å². The molecule has 3 aromatic rings. The van der Waals surface area contributed by atoms with Gasteiger partial charge in [0.1, 0.15) is 0 Å². The zero-order chi connectivity index (χ0) is 21.5. The molecule has 0 radical (unpaired) electrons. The summed E-state index contributed by atoms with van der Waals surface area (Å²) in [4.78, 5) is 7.44. The van der Waals surface area contributed by atoms with Crippen LogP contribution in [0.2, 0.25) is 0 Å². The molecule has 1 aromatic heterocycles. The van der Waals surface area contributed by atoms with Crippen LogP contribution in [0.1, 0.15) is 22.3 Å². The van der Waals surface area contributed by atoms with Gasteiger partial charge in [0.2, 0.25) is 10.0 Å². The van der Waals surface area contributed by atoms with Gasteiger partial charge in [0.25, 0.3) is 0 Å². The van der Waals surface area contributed by atoms with Crippen molar-refractivity contribution >= 4 is 26.5 Å². The summed E-state index contributed by atoms with van der Waals surface area (Å²) in [6.07, 6.45) is 0. The predicted molar refractivity (Wildman–Crippen MR) is 124 cm³/mol. The highest BCUT2D eigenvalue weighted by Crippen LogP contribution is 2.33. The summed E-state index contributed by atoms with van der Waals surface area (Å²) in [6, 6.07) is 11.4. The summed E-state index contributed by atoms with van der Waals surface area (Å²) in [5.74, 6) is 0. The molecule has 4 rings (SSSR count). The van der Waals surface area contributed by atoms with Gasteiger partial charge in [-0.1, -0.05) is 35.4 Å². The number of anilines is 1. The van der Waals surface area contributed by atoms with Crippen LogP contribution in [0, 0.1) is 27.7 Å². The standard InChI is InChI=1S/C23H27N3O2S2/c1-16-5-7-20(8-6-16)30(27,28)26-11-9-25(10-12-26)23-24-21(15-29-23)22-18(3)13-17(2)14-19(22)4/h5-8,13-15H,9-12H2,1-4H3. The van der Waals surface area contributed by atoms with E-state index in [1.807, 2.05) is 19.1 Å². The lowest BCUT2D eigenvalue weighted by Gasteiger charge is -2.33. The maximum atomic E-state index is 12.9. The van der Waals surface area contributed by atoms with Crippen molar-refractivity contribution < 1.29 is 8.42 Å². The van der Waals surface area contributed by atoms with Crippen LogP contribution in [0.3, 0.4) is 0 Å². The van der Waals surface area contributed by atoms with E-state index in [1.54, 1.807) is 27.8 Å².